The molecule has 0 N–H and O–H groups in total. The first kappa shape index (κ1) is 18.0. The van der Waals surface area contributed by atoms with Crippen LogP contribution in [0.2, 0.25) is 5.02 Å². The van der Waals surface area contributed by atoms with Gasteiger partial charge in [-0.1, -0.05) is 23.7 Å². The summed E-state index contributed by atoms with van der Waals surface area (Å²) in [5.41, 5.74) is 0.568. The average molecular weight is 386 g/mol. The summed E-state index contributed by atoms with van der Waals surface area (Å²) in [6, 6.07) is 11.3. The molecule has 2 aromatic rings. The summed E-state index contributed by atoms with van der Waals surface area (Å²) in [6.07, 6.45) is 3.76. The minimum Gasteiger partial charge on any atom is -0.355 e. The van der Waals surface area contributed by atoms with Gasteiger partial charge in [0.15, 0.2) is 11.6 Å². The number of aromatic nitrogens is 2. The van der Waals surface area contributed by atoms with Gasteiger partial charge in [-0.3, -0.25) is 4.79 Å². The first-order chi connectivity index (χ1) is 13.2. The lowest BCUT2D eigenvalue weighted by Gasteiger charge is -2.35. The summed E-state index contributed by atoms with van der Waals surface area (Å²) in [5, 5.41) is 9.36. The molecule has 0 spiro atoms. The second-order valence-corrected chi connectivity index (χ2v) is 7.46. The summed E-state index contributed by atoms with van der Waals surface area (Å²) < 4.78 is 0. The summed E-state index contributed by atoms with van der Waals surface area (Å²) in [5.74, 6) is 1.83. The molecule has 0 atom stereocenters. The molecule has 0 bridgehead atoms. The lowest BCUT2D eigenvalue weighted by molar-refractivity contribution is 0.0746. The number of carbonyl (C=O) groups excluding carboxylic acids is 1. The Labute approximate surface area is 164 Å². The molecule has 1 aromatic heterocycles. The summed E-state index contributed by atoms with van der Waals surface area (Å²) in [7, 11) is 0. The van der Waals surface area contributed by atoms with Crippen molar-refractivity contribution in [3.05, 3.63) is 47.0 Å². The Morgan fingerprint density at radius 2 is 1.37 bits per heavy atom. The van der Waals surface area contributed by atoms with Crippen LogP contribution >= 0.6 is 11.6 Å². The van der Waals surface area contributed by atoms with Gasteiger partial charge in [-0.05, 0) is 43.5 Å². The maximum Gasteiger partial charge on any atom is 0.255 e. The molecule has 0 saturated carbocycles. The van der Waals surface area contributed by atoms with Crippen LogP contribution in [0.5, 0.6) is 0 Å². The molecule has 1 aromatic carbocycles. The summed E-state index contributed by atoms with van der Waals surface area (Å²) in [4.78, 5) is 19.0. The number of hydrogen-bond acceptors (Lipinski definition) is 5. The van der Waals surface area contributed by atoms with Crippen LogP contribution in [0.25, 0.3) is 0 Å². The predicted octanol–water partition coefficient (Wildman–Crippen LogP) is 3.08. The van der Waals surface area contributed by atoms with Gasteiger partial charge in [-0.25, -0.2) is 0 Å². The van der Waals surface area contributed by atoms with Crippen molar-refractivity contribution >= 4 is 29.1 Å². The van der Waals surface area contributed by atoms with Crippen LogP contribution in [0.3, 0.4) is 0 Å². The van der Waals surface area contributed by atoms with Gasteiger partial charge in [0.05, 0.1) is 10.6 Å². The zero-order chi connectivity index (χ0) is 18.6. The molecule has 2 saturated heterocycles. The average Bonchev–Trinajstić information content (AvgIpc) is 2.74. The highest BCUT2D eigenvalue weighted by Crippen LogP contribution is 2.21. The fourth-order valence-corrected chi connectivity index (χ4v) is 3.94. The monoisotopic (exact) mass is 385 g/mol. The van der Waals surface area contributed by atoms with E-state index in [0.29, 0.717) is 23.7 Å². The third-order valence-electron chi connectivity index (χ3n) is 5.31. The third kappa shape index (κ3) is 4.00. The molecule has 2 aliphatic heterocycles. The number of amides is 1. The molecule has 2 fully saturated rings. The van der Waals surface area contributed by atoms with E-state index in [-0.39, 0.29) is 5.91 Å². The molecule has 27 heavy (non-hydrogen) atoms. The summed E-state index contributed by atoms with van der Waals surface area (Å²) in [6.45, 7) is 4.93. The minimum absolute atomic E-state index is 0.00761. The first-order valence-corrected chi connectivity index (χ1v) is 9.97. The lowest BCUT2D eigenvalue weighted by atomic mass is 10.1. The van der Waals surface area contributed by atoms with Crippen molar-refractivity contribution < 1.29 is 4.79 Å². The number of benzene rings is 1. The number of halogens is 1. The van der Waals surface area contributed by atoms with Crippen LogP contribution in [0.4, 0.5) is 11.6 Å². The number of hydrogen-bond donors (Lipinski definition) is 0. The summed E-state index contributed by atoms with van der Waals surface area (Å²) >= 11 is 6.16. The Morgan fingerprint density at radius 1 is 0.778 bits per heavy atom. The Kier molecular flexibility index (Phi) is 5.43. The predicted molar refractivity (Wildman–Crippen MR) is 108 cm³/mol. The van der Waals surface area contributed by atoms with Crippen molar-refractivity contribution in [1.82, 2.24) is 15.1 Å². The van der Waals surface area contributed by atoms with E-state index in [1.807, 2.05) is 23.1 Å². The van der Waals surface area contributed by atoms with Crippen LogP contribution in [0.15, 0.2) is 36.4 Å². The molecule has 0 unspecified atom stereocenters. The number of anilines is 2. The van der Waals surface area contributed by atoms with Crippen LogP contribution in [0.1, 0.15) is 29.6 Å². The van der Waals surface area contributed by atoms with E-state index < -0.39 is 0 Å². The zero-order valence-corrected chi connectivity index (χ0v) is 16.1. The molecule has 6 nitrogen and oxygen atoms in total. The molecule has 0 radical (unpaired) electrons. The minimum atomic E-state index is -0.00761. The molecular weight excluding hydrogens is 362 g/mol. The second-order valence-electron chi connectivity index (χ2n) is 7.06. The number of nitrogens with zero attached hydrogens (tertiary/aromatic N) is 5. The largest absolute Gasteiger partial charge is 0.355 e. The highest BCUT2D eigenvalue weighted by atomic mass is 35.5. The van der Waals surface area contributed by atoms with Crippen molar-refractivity contribution in [1.29, 1.82) is 0 Å². The van der Waals surface area contributed by atoms with Gasteiger partial charge in [-0.15, -0.1) is 10.2 Å². The third-order valence-corrected chi connectivity index (χ3v) is 5.64. The fraction of sp³-hybridized carbons (Fsp3) is 0.450. The van der Waals surface area contributed by atoms with Crippen molar-refractivity contribution in [2.24, 2.45) is 0 Å². The van der Waals surface area contributed by atoms with Crippen molar-refractivity contribution in [3.8, 4) is 0 Å². The van der Waals surface area contributed by atoms with Crippen molar-refractivity contribution in [2.45, 2.75) is 19.3 Å². The van der Waals surface area contributed by atoms with Crippen molar-refractivity contribution in [3.63, 3.8) is 0 Å². The molecule has 1 amide bonds. The maximum atomic E-state index is 12.7. The molecule has 0 aliphatic carbocycles. The molecule has 7 heteroatoms. The maximum absolute atomic E-state index is 12.7. The van der Waals surface area contributed by atoms with E-state index in [1.165, 1.54) is 19.3 Å². The molecule has 2 aliphatic rings. The zero-order valence-electron chi connectivity index (χ0n) is 15.4. The molecule has 142 valence electrons. The quantitative estimate of drug-likeness (QED) is 0.812. The van der Waals surface area contributed by atoms with Gasteiger partial charge in [0.25, 0.3) is 5.91 Å². The number of piperidine rings is 1. The Bertz CT molecular complexity index is 783. The normalized spacial score (nSPS) is 17.9. The molecule has 3 heterocycles. The Balaban J connectivity index is 1.36. The van der Waals surface area contributed by atoms with E-state index in [0.717, 1.165) is 37.8 Å². The standard InChI is InChI=1S/C20H24ClN5O/c21-17-7-3-2-6-16(17)20(27)26-14-12-25(13-15-26)19-9-8-18(22-23-19)24-10-4-1-5-11-24/h2-3,6-9H,1,4-5,10-15H2. The number of piperazine rings is 1. The van der Waals surface area contributed by atoms with Crippen LogP contribution in [-0.2, 0) is 0 Å². The Hall–Kier alpha value is -2.34. The number of rotatable bonds is 3. The van der Waals surface area contributed by atoms with Gasteiger partial charge in [0.1, 0.15) is 0 Å². The van der Waals surface area contributed by atoms with Crippen molar-refractivity contribution in [2.75, 3.05) is 49.1 Å². The molecule has 4 rings (SSSR count). The van der Waals surface area contributed by atoms with Gasteiger partial charge < -0.3 is 14.7 Å². The lowest BCUT2D eigenvalue weighted by Crippen LogP contribution is -2.49. The Morgan fingerprint density at radius 3 is 1.96 bits per heavy atom. The topological polar surface area (TPSA) is 52.6 Å². The van der Waals surface area contributed by atoms with E-state index in [9.17, 15) is 4.79 Å². The van der Waals surface area contributed by atoms with E-state index >= 15 is 0 Å². The second kappa shape index (κ2) is 8.13. The van der Waals surface area contributed by atoms with Gasteiger partial charge in [0, 0.05) is 39.3 Å². The SMILES string of the molecule is O=C(c1ccccc1Cl)N1CCN(c2ccc(N3CCCCC3)nn2)CC1. The van der Waals surface area contributed by atoms with E-state index in [4.69, 9.17) is 11.6 Å². The van der Waals surface area contributed by atoms with E-state index in [1.54, 1.807) is 12.1 Å². The van der Waals surface area contributed by atoms with Gasteiger partial charge >= 0.3 is 0 Å². The highest BCUT2D eigenvalue weighted by molar-refractivity contribution is 6.33. The van der Waals surface area contributed by atoms with Crippen LogP contribution in [-0.4, -0.2) is 60.3 Å². The highest BCUT2D eigenvalue weighted by Gasteiger charge is 2.24. The number of carbonyl (C=O) groups is 1. The fourth-order valence-electron chi connectivity index (χ4n) is 3.72. The van der Waals surface area contributed by atoms with Crippen LogP contribution in [0, 0.1) is 0 Å². The first-order valence-electron chi connectivity index (χ1n) is 9.60. The van der Waals surface area contributed by atoms with Crippen LogP contribution < -0.4 is 9.80 Å². The van der Waals surface area contributed by atoms with Gasteiger partial charge in [0.2, 0.25) is 0 Å². The smallest absolute Gasteiger partial charge is 0.255 e. The molecular formula is C20H24ClN5O. The van der Waals surface area contributed by atoms with E-state index in [2.05, 4.69) is 26.1 Å². The van der Waals surface area contributed by atoms with Gasteiger partial charge in [-0.2, -0.15) is 0 Å².